The van der Waals surface area contributed by atoms with Crippen molar-refractivity contribution >= 4 is 19.7 Å². The van der Waals surface area contributed by atoms with Crippen LogP contribution in [-0.2, 0) is 4.43 Å². The number of hydrogen-bond donors (Lipinski definition) is 0. The number of hydrogen-bond acceptors (Lipinski definition) is 2. The third-order valence-electron chi connectivity index (χ3n) is 4.47. The molecule has 1 aromatic heterocycles. The molecule has 1 aromatic rings. The van der Waals surface area contributed by atoms with Crippen LogP contribution >= 0.6 is 11.3 Å². The molecule has 0 aliphatic heterocycles. The first kappa shape index (κ1) is 16.9. The maximum absolute atomic E-state index is 6.50. The smallest absolute Gasteiger partial charge is 0.197 e. The van der Waals surface area contributed by atoms with E-state index in [1.54, 1.807) is 0 Å². The quantitative estimate of drug-likeness (QED) is 0.557. The third-order valence-corrected chi connectivity index (χ3v) is 11.3. The van der Waals surface area contributed by atoms with Gasteiger partial charge in [-0.1, -0.05) is 47.6 Å². The maximum Gasteiger partial charge on any atom is 0.197 e. The first-order valence-corrected chi connectivity index (χ1v) is 10.7. The SMILES string of the molecule is CC[Si](CC)(OCCC(C)c1cccs1)C(C)(C)C. The van der Waals surface area contributed by atoms with Crippen LogP contribution in [0.5, 0.6) is 0 Å². The molecule has 0 fully saturated rings. The van der Waals surface area contributed by atoms with Gasteiger partial charge < -0.3 is 4.43 Å². The molecule has 0 spiro atoms. The van der Waals surface area contributed by atoms with E-state index in [0.717, 1.165) is 13.0 Å². The molecule has 0 saturated carbocycles. The Labute approximate surface area is 124 Å². The van der Waals surface area contributed by atoms with Crippen molar-refractivity contribution in [3.05, 3.63) is 22.4 Å². The minimum absolute atomic E-state index is 0.336. The third kappa shape index (κ3) is 4.17. The van der Waals surface area contributed by atoms with Crippen LogP contribution in [0.4, 0.5) is 0 Å². The summed E-state index contributed by atoms with van der Waals surface area (Å²) in [6, 6.07) is 6.83. The molecule has 19 heavy (non-hydrogen) atoms. The summed E-state index contributed by atoms with van der Waals surface area (Å²) in [5.74, 6) is 0.625. The van der Waals surface area contributed by atoms with Crippen LogP contribution in [0.1, 0.15) is 58.8 Å². The Hall–Kier alpha value is -0.123. The highest BCUT2D eigenvalue weighted by Crippen LogP contribution is 2.42. The Morgan fingerprint density at radius 3 is 2.32 bits per heavy atom. The van der Waals surface area contributed by atoms with E-state index in [1.807, 2.05) is 11.3 Å². The molecular weight excluding hydrogens is 268 g/mol. The lowest BCUT2D eigenvalue weighted by Crippen LogP contribution is -2.46. The molecule has 1 heterocycles. The standard InChI is InChI=1S/C16H30OSSi/c1-7-19(8-2,16(4,5)6)17-12-11-14(3)15-10-9-13-18-15/h9-10,13-14H,7-8,11-12H2,1-6H3. The van der Waals surface area contributed by atoms with Gasteiger partial charge in [0.25, 0.3) is 0 Å². The number of rotatable bonds is 7. The summed E-state index contributed by atoms with van der Waals surface area (Å²) in [6.07, 6.45) is 1.14. The van der Waals surface area contributed by atoms with Gasteiger partial charge in [0.1, 0.15) is 0 Å². The Bertz CT molecular complexity index is 349. The molecule has 1 rings (SSSR count). The fraction of sp³-hybridized carbons (Fsp3) is 0.750. The van der Waals surface area contributed by atoms with Gasteiger partial charge in [-0.05, 0) is 40.9 Å². The summed E-state index contributed by atoms with van der Waals surface area (Å²) >= 11 is 1.86. The average molecular weight is 299 g/mol. The van der Waals surface area contributed by atoms with E-state index in [1.165, 1.54) is 17.0 Å². The molecule has 0 aliphatic carbocycles. The van der Waals surface area contributed by atoms with E-state index in [0.29, 0.717) is 11.0 Å². The van der Waals surface area contributed by atoms with E-state index in [9.17, 15) is 0 Å². The van der Waals surface area contributed by atoms with Crippen LogP contribution < -0.4 is 0 Å². The maximum atomic E-state index is 6.50. The van der Waals surface area contributed by atoms with Crippen LogP contribution in [0, 0.1) is 0 Å². The Morgan fingerprint density at radius 2 is 1.89 bits per heavy atom. The van der Waals surface area contributed by atoms with Crippen molar-refractivity contribution in [2.75, 3.05) is 6.61 Å². The second-order valence-electron chi connectivity index (χ2n) is 6.51. The normalized spacial score (nSPS) is 14.6. The van der Waals surface area contributed by atoms with Crippen LogP contribution in [0.3, 0.4) is 0 Å². The van der Waals surface area contributed by atoms with Crippen LogP contribution in [0.15, 0.2) is 17.5 Å². The van der Waals surface area contributed by atoms with E-state index >= 15 is 0 Å². The number of thiophene rings is 1. The van der Waals surface area contributed by atoms with Gasteiger partial charge in [-0.2, -0.15) is 0 Å². The largest absolute Gasteiger partial charge is 0.416 e. The van der Waals surface area contributed by atoms with Crippen molar-refractivity contribution in [3.8, 4) is 0 Å². The zero-order valence-electron chi connectivity index (χ0n) is 13.5. The lowest BCUT2D eigenvalue weighted by Gasteiger charge is -2.41. The summed E-state index contributed by atoms with van der Waals surface area (Å²) < 4.78 is 6.50. The van der Waals surface area contributed by atoms with Crippen LogP contribution in [0.2, 0.25) is 17.1 Å². The van der Waals surface area contributed by atoms with Gasteiger partial charge in [-0.25, -0.2) is 0 Å². The van der Waals surface area contributed by atoms with E-state index in [4.69, 9.17) is 4.43 Å². The second kappa shape index (κ2) is 7.05. The minimum atomic E-state index is -1.59. The van der Waals surface area contributed by atoms with Crippen molar-refractivity contribution < 1.29 is 4.43 Å². The highest BCUT2D eigenvalue weighted by molar-refractivity contribution is 7.10. The van der Waals surface area contributed by atoms with Crippen molar-refractivity contribution in [2.24, 2.45) is 0 Å². The second-order valence-corrected chi connectivity index (χ2v) is 12.7. The van der Waals surface area contributed by atoms with Gasteiger partial charge in [0, 0.05) is 11.5 Å². The molecule has 1 nitrogen and oxygen atoms in total. The predicted molar refractivity (Wildman–Crippen MR) is 89.7 cm³/mol. The van der Waals surface area contributed by atoms with Gasteiger partial charge in [-0.15, -0.1) is 11.3 Å². The van der Waals surface area contributed by atoms with E-state index in [-0.39, 0.29) is 0 Å². The first-order chi connectivity index (χ1) is 8.86. The molecule has 110 valence electrons. The predicted octanol–water partition coefficient (Wildman–Crippen LogP) is 6.04. The molecule has 0 aromatic carbocycles. The van der Waals surface area contributed by atoms with Crippen LogP contribution in [-0.4, -0.2) is 14.9 Å². The Balaban J connectivity index is 2.54. The summed E-state index contributed by atoms with van der Waals surface area (Å²) in [5.41, 5.74) is 0. The molecule has 0 N–H and O–H groups in total. The van der Waals surface area contributed by atoms with E-state index < -0.39 is 8.32 Å². The van der Waals surface area contributed by atoms with Gasteiger partial charge in [0.15, 0.2) is 8.32 Å². The van der Waals surface area contributed by atoms with Crippen molar-refractivity contribution in [3.63, 3.8) is 0 Å². The summed E-state index contributed by atoms with van der Waals surface area (Å²) in [6.45, 7) is 14.9. The summed E-state index contributed by atoms with van der Waals surface area (Å²) in [5, 5.41) is 2.50. The zero-order valence-corrected chi connectivity index (χ0v) is 15.3. The van der Waals surface area contributed by atoms with Gasteiger partial charge in [-0.3, -0.25) is 0 Å². The molecule has 0 radical (unpaired) electrons. The topological polar surface area (TPSA) is 9.23 Å². The molecule has 0 amide bonds. The monoisotopic (exact) mass is 298 g/mol. The molecule has 1 unspecified atom stereocenters. The average Bonchev–Trinajstić information content (AvgIpc) is 2.87. The summed E-state index contributed by atoms with van der Waals surface area (Å²) in [7, 11) is -1.59. The minimum Gasteiger partial charge on any atom is -0.416 e. The van der Waals surface area contributed by atoms with Gasteiger partial charge >= 0.3 is 0 Å². The van der Waals surface area contributed by atoms with E-state index in [2.05, 4.69) is 59.1 Å². The fourth-order valence-corrected chi connectivity index (χ4v) is 7.67. The Morgan fingerprint density at radius 1 is 1.26 bits per heavy atom. The zero-order chi connectivity index (χ0) is 14.5. The van der Waals surface area contributed by atoms with Crippen molar-refractivity contribution in [1.29, 1.82) is 0 Å². The van der Waals surface area contributed by atoms with Crippen LogP contribution in [0.25, 0.3) is 0 Å². The lowest BCUT2D eigenvalue weighted by atomic mass is 10.1. The molecule has 0 aliphatic rings. The molecule has 0 saturated heterocycles. The van der Waals surface area contributed by atoms with Gasteiger partial charge in [0.2, 0.25) is 0 Å². The lowest BCUT2D eigenvalue weighted by molar-refractivity contribution is 0.266. The molecule has 3 heteroatoms. The molecular formula is C16H30OSSi. The fourth-order valence-electron chi connectivity index (χ4n) is 2.88. The molecule has 1 atom stereocenters. The van der Waals surface area contributed by atoms with Crippen molar-refractivity contribution in [1.82, 2.24) is 0 Å². The van der Waals surface area contributed by atoms with Gasteiger partial charge in [0.05, 0.1) is 0 Å². The first-order valence-electron chi connectivity index (χ1n) is 7.53. The van der Waals surface area contributed by atoms with Crippen molar-refractivity contribution in [2.45, 2.75) is 71.0 Å². The highest BCUT2D eigenvalue weighted by atomic mass is 32.1. The summed E-state index contributed by atoms with van der Waals surface area (Å²) in [4.78, 5) is 1.49. The Kier molecular flexibility index (Phi) is 6.28. The molecule has 0 bridgehead atoms. The highest BCUT2D eigenvalue weighted by Gasteiger charge is 2.43.